The standard InChI is InChI=1S/C18H27NO5S/c1-2-3-13-22-16-5-7-17(8-6-16)25(20,21)19-11-9-18(10-12-19)23-14-4-15-24-18/h5-8H,2-4,9-15H2,1H3. The van der Waals surface area contributed by atoms with E-state index in [2.05, 4.69) is 6.92 Å². The predicted octanol–water partition coefficient (Wildman–Crippen LogP) is 2.78. The van der Waals surface area contributed by atoms with Gasteiger partial charge in [0.05, 0.1) is 24.7 Å². The van der Waals surface area contributed by atoms with Crippen LogP contribution in [0.25, 0.3) is 0 Å². The molecule has 0 unspecified atom stereocenters. The Morgan fingerprint density at radius 1 is 1.12 bits per heavy atom. The number of sulfonamides is 1. The Labute approximate surface area is 150 Å². The molecule has 0 atom stereocenters. The van der Waals surface area contributed by atoms with Gasteiger partial charge in [0.1, 0.15) is 5.75 Å². The average Bonchev–Trinajstić information content (AvgIpc) is 2.63. The van der Waals surface area contributed by atoms with Crippen molar-refractivity contribution in [2.24, 2.45) is 0 Å². The van der Waals surface area contributed by atoms with Crippen molar-refractivity contribution in [2.75, 3.05) is 32.9 Å². The molecule has 0 N–H and O–H groups in total. The maximum absolute atomic E-state index is 12.8. The third-order valence-electron chi connectivity index (χ3n) is 4.73. The number of unbranched alkanes of at least 4 members (excludes halogenated alkanes) is 1. The molecule has 7 heteroatoms. The lowest BCUT2D eigenvalue weighted by molar-refractivity contribution is -0.280. The van der Waals surface area contributed by atoms with Gasteiger partial charge in [0.25, 0.3) is 0 Å². The van der Waals surface area contributed by atoms with Crippen molar-refractivity contribution in [3.8, 4) is 5.75 Å². The van der Waals surface area contributed by atoms with Gasteiger partial charge in [0.2, 0.25) is 10.0 Å². The maximum Gasteiger partial charge on any atom is 0.243 e. The van der Waals surface area contributed by atoms with Gasteiger partial charge in [-0.2, -0.15) is 4.31 Å². The summed E-state index contributed by atoms with van der Waals surface area (Å²) < 4.78 is 44.3. The second-order valence-corrected chi connectivity index (χ2v) is 8.48. The molecule has 2 heterocycles. The smallest absolute Gasteiger partial charge is 0.243 e. The number of piperidine rings is 1. The Kier molecular flexibility index (Phi) is 5.99. The first-order chi connectivity index (χ1) is 12.1. The van der Waals surface area contributed by atoms with Gasteiger partial charge in [0, 0.05) is 25.9 Å². The molecule has 2 aliphatic heterocycles. The third kappa shape index (κ3) is 4.34. The molecular weight excluding hydrogens is 342 g/mol. The number of hydrogen-bond donors (Lipinski definition) is 0. The van der Waals surface area contributed by atoms with Gasteiger partial charge in [-0.15, -0.1) is 0 Å². The fraction of sp³-hybridized carbons (Fsp3) is 0.667. The topological polar surface area (TPSA) is 65.1 Å². The van der Waals surface area contributed by atoms with Gasteiger partial charge in [-0.05, 0) is 37.1 Å². The van der Waals surface area contributed by atoms with Crippen molar-refractivity contribution in [2.45, 2.75) is 49.7 Å². The molecular formula is C18H27NO5S. The molecule has 0 aromatic heterocycles. The van der Waals surface area contributed by atoms with Gasteiger partial charge < -0.3 is 14.2 Å². The van der Waals surface area contributed by atoms with Crippen LogP contribution in [-0.2, 0) is 19.5 Å². The Morgan fingerprint density at radius 2 is 1.76 bits per heavy atom. The monoisotopic (exact) mass is 369 g/mol. The lowest BCUT2D eigenvalue weighted by Gasteiger charge is -2.42. The van der Waals surface area contributed by atoms with E-state index in [9.17, 15) is 8.42 Å². The molecule has 25 heavy (non-hydrogen) atoms. The molecule has 0 amide bonds. The first kappa shape index (κ1) is 18.6. The molecule has 1 aromatic rings. The summed E-state index contributed by atoms with van der Waals surface area (Å²) in [5, 5.41) is 0. The Morgan fingerprint density at radius 3 is 2.36 bits per heavy atom. The molecule has 1 aromatic carbocycles. The van der Waals surface area contributed by atoms with Crippen LogP contribution >= 0.6 is 0 Å². The highest BCUT2D eigenvalue weighted by Crippen LogP contribution is 2.33. The molecule has 0 aliphatic carbocycles. The second-order valence-electron chi connectivity index (χ2n) is 6.54. The minimum atomic E-state index is -3.49. The lowest BCUT2D eigenvalue weighted by Crippen LogP contribution is -2.51. The number of rotatable bonds is 6. The third-order valence-corrected chi connectivity index (χ3v) is 6.64. The first-order valence-electron chi connectivity index (χ1n) is 9.07. The largest absolute Gasteiger partial charge is 0.494 e. The molecule has 0 radical (unpaired) electrons. The number of nitrogens with zero attached hydrogens (tertiary/aromatic N) is 1. The summed E-state index contributed by atoms with van der Waals surface area (Å²) in [5.74, 6) is 0.121. The van der Waals surface area contributed by atoms with Crippen LogP contribution in [0.2, 0.25) is 0 Å². The maximum atomic E-state index is 12.8. The fourth-order valence-corrected chi connectivity index (χ4v) is 4.61. The minimum Gasteiger partial charge on any atom is -0.494 e. The normalized spacial score (nSPS) is 21.3. The van der Waals surface area contributed by atoms with Crippen LogP contribution in [0.4, 0.5) is 0 Å². The van der Waals surface area contributed by atoms with Crippen molar-refractivity contribution in [1.82, 2.24) is 4.31 Å². The molecule has 2 fully saturated rings. The van der Waals surface area contributed by atoms with Gasteiger partial charge in [-0.1, -0.05) is 13.3 Å². The summed E-state index contributed by atoms with van der Waals surface area (Å²) in [4.78, 5) is 0.303. The summed E-state index contributed by atoms with van der Waals surface area (Å²) in [6.07, 6.45) is 4.10. The van der Waals surface area contributed by atoms with Crippen molar-refractivity contribution < 1.29 is 22.6 Å². The minimum absolute atomic E-state index is 0.303. The van der Waals surface area contributed by atoms with Crippen LogP contribution < -0.4 is 4.74 Å². The zero-order valence-electron chi connectivity index (χ0n) is 14.8. The van der Waals surface area contributed by atoms with Crippen LogP contribution in [0.15, 0.2) is 29.2 Å². The molecule has 0 saturated carbocycles. The zero-order chi connectivity index (χ0) is 17.8. The molecule has 6 nitrogen and oxygen atoms in total. The van der Waals surface area contributed by atoms with E-state index in [4.69, 9.17) is 14.2 Å². The van der Waals surface area contributed by atoms with Crippen LogP contribution in [0.1, 0.15) is 39.0 Å². The van der Waals surface area contributed by atoms with Crippen molar-refractivity contribution in [3.05, 3.63) is 24.3 Å². The number of hydrogen-bond acceptors (Lipinski definition) is 5. The summed E-state index contributed by atoms with van der Waals surface area (Å²) in [6, 6.07) is 6.69. The molecule has 2 aliphatic rings. The molecule has 140 valence electrons. The van der Waals surface area contributed by atoms with E-state index in [0.29, 0.717) is 56.4 Å². The highest BCUT2D eigenvalue weighted by atomic mass is 32.2. The predicted molar refractivity (Wildman–Crippen MR) is 94.1 cm³/mol. The Balaban J connectivity index is 1.62. The van der Waals surface area contributed by atoms with Crippen molar-refractivity contribution in [3.63, 3.8) is 0 Å². The van der Waals surface area contributed by atoms with Crippen molar-refractivity contribution in [1.29, 1.82) is 0 Å². The van der Waals surface area contributed by atoms with E-state index in [1.54, 1.807) is 24.3 Å². The molecule has 0 bridgehead atoms. The fourth-order valence-electron chi connectivity index (χ4n) is 3.16. The number of benzene rings is 1. The highest BCUT2D eigenvalue weighted by Gasteiger charge is 2.41. The van der Waals surface area contributed by atoms with Gasteiger partial charge >= 0.3 is 0 Å². The number of ether oxygens (including phenoxy) is 3. The zero-order valence-corrected chi connectivity index (χ0v) is 15.6. The summed E-state index contributed by atoms with van der Waals surface area (Å²) in [7, 11) is -3.49. The second kappa shape index (κ2) is 8.03. The van der Waals surface area contributed by atoms with E-state index in [0.717, 1.165) is 19.3 Å². The van der Waals surface area contributed by atoms with Crippen LogP contribution in [-0.4, -0.2) is 51.4 Å². The molecule has 1 spiro atoms. The summed E-state index contributed by atoms with van der Waals surface area (Å²) in [5.41, 5.74) is 0. The first-order valence-corrected chi connectivity index (χ1v) is 10.5. The van der Waals surface area contributed by atoms with Gasteiger partial charge in [-0.3, -0.25) is 0 Å². The van der Waals surface area contributed by atoms with E-state index >= 15 is 0 Å². The summed E-state index contributed by atoms with van der Waals surface area (Å²) >= 11 is 0. The quantitative estimate of drug-likeness (QED) is 0.722. The highest BCUT2D eigenvalue weighted by molar-refractivity contribution is 7.89. The average molecular weight is 369 g/mol. The van der Waals surface area contributed by atoms with E-state index in [1.165, 1.54) is 4.31 Å². The van der Waals surface area contributed by atoms with E-state index in [1.807, 2.05) is 0 Å². The molecule has 2 saturated heterocycles. The van der Waals surface area contributed by atoms with E-state index in [-0.39, 0.29) is 0 Å². The van der Waals surface area contributed by atoms with Gasteiger partial charge in [0.15, 0.2) is 5.79 Å². The SMILES string of the molecule is CCCCOc1ccc(S(=O)(=O)N2CCC3(CC2)OCCCO3)cc1. The van der Waals surface area contributed by atoms with Crippen molar-refractivity contribution >= 4 is 10.0 Å². The van der Waals surface area contributed by atoms with Crippen LogP contribution in [0, 0.1) is 0 Å². The van der Waals surface area contributed by atoms with Gasteiger partial charge in [-0.25, -0.2) is 8.42 Å². The Hall–Kier alpha value is -1.15. The van der Waals surface area contributed by atoms with E-state index < -0.39 is 15.8 Å². The van der Waals surface area contributed by atoms with Crippen LogP contribution in [0.3, 0.4) is 0 Å². The lowest BCUT2D eigenvalue weighted by atomic mass is 10.0. The summed E-state index contributed by atoms with van der Waals surface area (Å²) in [6.45, 7) is 4.95. The van der Waals surface area contributed by atoms with Crippen LogP contribution in [0.5, 0.6) is 5.75 Å². The molecule has 3 rings (SSSR count). The Bertz CT molecular complexity index is 643.